The fraction of sp³-hybridized carbons (Fsp3) is 1.00. The quantitative estimate of drug-likeness (QED) is 0.733. The van der Waals surface area contributed by atoms with E-state index in [2.05, 4.69) is 39.9 Å². The minimum absolute atomic E-state index is 0.121. The molecule has 0 saturated carbocycles. The highest BCUT2D eigenvalue weighted by Gasteiger charge is 2.32. The molecule has 0 aromatic rings. The van der Waals surface area contributed by atoms with Crippen LogP contribution in [0.2, 0.25) is 0 Å². The van der Waals surface area contributed by atoms with Crippen LogP contribution in [0.4, 0.5) is 0 Å². The van der Waals surface area contributed by atoms with Crippen molar-refractivity contribution in [3.63, 3.8) is 0 Å². The molecule has 0 aliphatic carbocycles. The zero-order valence-electron chi connectivity index (χ0n) is 12.4. The maximum atomic E-state index is 6.06. The van der Waals surface area contributed by atoms with E-state index in [-0.39, 0.29) is 5.60 Å². The predicted octanol–water partition coefficient (Wildman–Crippen LogP) is 3.75. The third-order valence-corrected chi connectivity index (χ3v) is 3.72. The van der Waals surface area contributed by atoms with Crippen molar-refractivity contribution in [1.29, 1.82) is 0 Å². The summed E-state index contributed by atoms with van der Waals surface area (Å²) in [5.41, 5.74) is 0.121. The Kier molecular flexibility index (Phi) is 5.94. The van der Waals surface area contributed by atoms with Crippen LogP contribution in [0.25, 0.3) is 0 Å². The van der Waals surface area contributed by atoms with E-state index in [1.54, 1.807) is 0 Å². The second kappa shape index (κ2) is 6.75. The van der Waals surface area contributed by atoms with Gasteiger partial charge in [-0.05, 0) is 65.3 Å². The molecule has 0 bridgehead atoms. The van der Waals surface area contributed by atoms with E-state index in [1.807, 2.05) is 0 Å². The SMILES string of the molecule is CCCNC(C)CC(C)CC1CCC(C)(C)O1. The lowest BCUT2D eigenvalue weighted by Gasteiger charge is -2.23. The largest absolute Gasteiger partial charge is 0.372 e. The van der Waals surface area contributed by atoms with Gasteiger partial charge >= 0.3 is 0 Å². The van der Waals surface area contributed by atoms with Crippen LogP contribution >= 0.6 is 0 Å². The molecule has 0 amide bonds. The molecule has 3 atom stereocenters. The van der Waals surface area contributed by atoms with E-state index < -0.39 is 0 Å². The van der Waals surface area contributed by atoms with E-state index in [0.717, 1.165) is 12.5 Å². The molecule has 0 aromatic heterocycles. The van der Waals surface area contributed by atoms with Crippen LogP contribution in [0.5, 0.6) is 0 Å². The van der Waals surface area contributed by atoms with Gasteiger partial charge in [-0.15, -0.1) is 0 Å². The Morgan fingerprint density at radius 1 is 1.35 bits per heavy atom. The van der Waals surface area contributed by atoms with E-state index in [9.17, 15) is 0 Å². The molecule has 0 spiro atoms. The highest BCUT2D eigenvalue weighted by Crippen LogP contribution is 2.33. The third kappa shape index (κ3) is 5.87. The summed E-state index contributed by atoms with van der Waals surface area (Å²) in [6.45, 7) is 12.4. The van der Waals surface area contributed by atoms with Crippen LogP contribution in [0.15, 0.2) is 0 Å². The lowest BCUT2D eigenvalue weighted by Crippen LogP contribution is -2.29. The van der Waals surface area contributed by atoms with Gasteiger partial charge < -0.3 is 10.1 Å². The van der Waals surface area contributed by atoms with E-state index in [0.29, 0.717) is 12.1 Å². The second-order valence-electron chi connectivity index (χ2n) is 6.47. The molecule has 0 aromatic carbocycles. The van der Waals surface area contributed by atoms with E-state index in [4.69, 9.17) is 4.74 Å². The molecule has 1 rings (SSSR count). The Hall–Kier alpha value is -0.0800. The third-order valence-electron chi connectivity index (χ3n) is 3.72. The maximum absolute atomic E-state index is 6.06. The predicted molar refractivity (Wildman–Crippen MR) is 74.3 cm³/mol. The van der Waals surface area contributed by atoms with Crippen LogP contribution in [0.3, 0.4) is 0 Å². The summed E-state index contributed by atoms with van der Waals surface area (Å²) in [5, 5.41) is 3.56. The molecule has 1 saturated heterocycles. The first-order valence-electron chi connectivity index (χ1n) is 7.34. The van der Waals surface area contributed by atoms with Gasteiger partial charge in [0.2, 0.25) is 0 Å². The lowest BCUT2D eigenvalue weighted by atomic mass is 9.94. The molecule has 0 radical (unpaired) electrons. The molecule has 1 heterocycles. The van der Waals surface area contributed by atoms with E-state index in [1.165, 1.54) is 32.1 Å². The summed E-state index contributed by atoms with van der Waals surface area (Å²) in [4.78, 5) is 0. The number of ether oxygens (including phenoxy) is 1. The minimum Gasteiger partial charge on any atom is -0.372 e. The van der Waals surface area contributed by atoms with Crippen molar-refractivity contribution < 1.29 is 4.74 Å². The number of hydrogen-bond acceptors (Lipinski definition) is 2. The molecule has 17 heavy (non-hydrogen) atoms. The molecule has 1 fully saturated rings. The summed E-state index contributed by atoms with van der Waals surface area (Å²) in [6, 6.07) is 0.638. The van der Waals surface area contributed by atoms with Gasteiger partial charge in [-0.2, -0.15) is 0 Å². The van der Waals surface area contributed by atoms with Gasteiger partial charge in [-0.25, -0.2) is 0 Å². The van der Waals surface area contributed by atoms with Gasteiger partial charge in [0.1, 0.15) is 0 Å². The molecule has 102 valence electrons. The van der Waals surface area contributed by atoms with Gasteiger partial charge in [0.25, 0.3) is 0 Å². The number of nitrogens with one attached hydrogen (secondary N) is 1. The van der Waals surface area contributed by atoms with Crippen LogP contribution < -0.4 is 5.32 Å². The minimum atomic E-state index is 0.121. The average Bonchev–Trinajstić information content (AvgIpc) is 2.54. The van der Waals surface area contributed by atoms with Gasteiger partial charge in [-0.3, -0.25) is 0 Å². The fourth-order valence-corrected chi connectivity index (χ4v) is 2.87. The first-order valence-corrected chi connectivity index (χ1v) is 7.34. The summed E-state index contributed by atoms with van der Waals surface area (Å²) in [5.74, 6) is 0.758. The smallest absolute Gasteiger partial charge is 0.0631 e. The Morgan fingerprint density at radius 2 is 2.06 bits per heavy atom. The van der Waals surface area contributed by atoms with Crippen molar-refractivity contribution in [2.24, 2.45) is 5.92 Å². The van der Waals surface area contributed by atoms with Gasteiger partial charge in [0, 0.05) is 6.04 Å². The zero-order chi connectivity index (χ0) is 12.9. The molecule has 3 unspecified atom stereocenters. The summed E-state index contributed by atoms with van der Waals surface area (Å²) in [6.07, 6.45) is 6.67. The standard InChI is InChI=1S/C15H31NO/c1-6-9-16-13(3)10-12(2)11-14-7-8-15(4,5)17-14/h12-14,16H,6-11H2,1-5H3. The normalized spacial score (nSPS) is 27.0. The summed E-state index contributed by atoms with van der Waals surface area (Å²) >= 11 is 0. The second-order valence-corrected chi connectivity index (χ2v) is 6.47. The van der Waals surface area contributed by atoms with Crippen molar-refractivity contribution >= 4 is 0 Å². The highest BCUT2D eigenvalue weighted by molar-refractivity contribution is 4.82. The van der Waals surface area contributed by atoms with E-state index >= 15 is 0 Å². The number of rotatable bonds is 7. The number of hydrogen-bond donors (Lipinski definition) is 1. The molecule has 1 aliphatic rings. The summed E-state index contributed by atoms with van der Waals surface area (Å²) < 4.78 is 6.06. The average molecular weight is 241 g/mol. The molecule has 2 heteroatoms. The van der Waals surface area contributed by atoms with Crippen LogP contribution in [0, 0.1) is 5.92 Å². The fourth-order valence-electron chi connectivity index (χ4n) is 2.87. The van der Waals surface area contributed by atoms with Crippen molar-refractivity contribution in [2.45, 2.75) is 84.5 Å². The van der Waals surface area contributed by atoms with Crippen molar-refractivity contribution in [1.82, 2.24) is 5.32 Å². The van der Waals surface area contributed by atoms with Gasteiger partial charge in [0.15, 0.2) is 0 Å². The monoisotopic (exact) mass is 241 g/mol. The van der Waals surface area contributed by atoms with Crippen LogP contribution in [0.1, 0.15) is 66.7 Å². The Morgan fingerprint density at radius 3 is 2.59 bits per heavy atom. The van der Waals surface area contributed by atoms with Crippen LogP contribution in [-0.2, 0) is 4.74 Å². The summed E-state index contributed by atoms with van der Waals surface area (Å²) in [7, 11) is 0. The molecule has 1 aliphatic heterocycles. The zero-order valence-corrected chi connectivity index (χ0v) is 12.4. The van der Waals surface area contributed by atoms with Crippen LogP contribution in [-0.4, -0.2) is 24.3 Å². The van der Waals surface area contributed by atoms with Gasteiger partial charge in [-0.1, -0.05) is 13.8 Å². The van der Waals surface area contributed by atoms with Crippen molar-refractivity contribution in [3.05, 3.63) is 0 Å². The Labute approximate surface area is 108 Å². The Balaban J connectivity index is 2.19. The van der Waals surface area contributed by atoms with Crippen molar-refractivity contribution in [2.75, 3.05) is 6.54 Å². The van der Waals surface area contributed by atoms with Crippen molar-refractivity contribution in [3.8, 4) is 0 Å². The molecule has 2 nitrogen and oxygen atoms in total. The molecular formula is C15H31NO. The first kappa shape index (κ1) is 15.0. The maximum Gasteiger partial charge on any atom is 0.0631 e. The topological polar surface area (TPSA) is 21.3 Å². The molecule has 1 N–H and O–H groups in total. The lowest BCUT2D eigenvalue weighted by molar-refractivity contribution is -0.0243. The first-order chi connectivity index (χ1) is 7.93. The Bertz CT molecular complexity index is 215. The highest BCUT2D eigenvalue weighted by atomic mass is 16.5. The van der Waals surface area contributed by atoms with Gasteiger partial charge in [0.05, 0.1) is 11.7 Å². The molecular weight excluding hydrogens is 210 g/mol.